The van der Waals surface area contributed by atoms with Crippen molar-refractivity contribution in [2.45, 2.75) is 33.4 Å². The van der Waals surface area contributed by atoms with Crippen LogP contribution in [0.25, 0.3) is 0 Å². The van der Waals surface area contributed by atoms with Crippen LogP contribution in [-0.2, 0) is 6.54 Å². The minimum absolute atomic E-state index is 0.377. The Bertz CT molecular complexity index is 523. The molecule has 4 nitrogen and oxygen atoms in total. The van der Waals surface area contributed by atoms with Gasteiger partial charge >= 0.3 is 6.01 Å². The Kier molecular flexibility index (Phi) is 4.47. The fourth-order valence-corrected chi connectivity index (χ4v) is 1.58. The summed E-state index contributed by atoms with van der Waals surface area (Å²) in [5.41, 5.74) is 2.11. The molecule has 0 amide bonds. The Morgan fingerprint density at radius 1 is 1.16 bits per heavy atom. The van der Waals surface area contributed by atoms with E-state index in [-0.39, 0.29) is 0 Å². The largest absolute Gasteiger partial charge is 0.424 e. The van der Waals surface area contributed by atoms with Crippen molar-refractivity contribution in [3.63, 3.8) is 0 Å². The molecule has 0 atom stereocenters. The molecule has 0 saturated heterocycles. The first-order valence-electron chi connectivity index (χ1n) is 6.43. The van der Waals surface area contributed by atoms with Gasteiger partial charge < -0.3 is 10.1 Å². The molecule has 100 valence electrons. The van der Waals surface area contributed by atoms with Crippen molar-refractivity contribution < 1.29 is 4.74 Å². The second-order valence-electron chi connectivity index (χ2n) is 4.78. The van der Waals surface area contributed by atoms with Crippen molar-refractivity contribution in [2.24, 2.45) is 0 Å². The molecule has 1 heterocycles. The minimum atomic E-state index is 0.377. The lowest BCUT2D eigenvalue weighted by Crippen LogP contribution is -2.21. The van der Waals surface area contributed by atoms with E-state index >= 15 is 0 Å². The number of para-hydroxylation sites is 1. The lowest BCUT2D eigenvalue weighted by atomic mass is 10.2. The summed E-state index contributed by atoms with van der Waals surface area (Å²) in [4.78, 5) is 8.44. The number of hydrogen-bond donors (Lipinski definition) is 1. The number of aromatic nitrogens is 2. The van der Waals surface area contributed by atoms with E-state index in [1.54, 1.807) is 12.4 Å². The maximum absolute atomic E-state index is 5.65. The van der Waals surface area contributed by atoms with Gasteiger partial charge in [0, 0.05) is 30.5 Å². The number of rotatable bonds is 5. The predicted octanol–water partition coefficient (Wildman–Crippen LogP) is 3.08. The summed E-state index contributed by atoms with van der Waals surface area (Å²) >= 11 is 0. The van der Waals surface area contributed by atoms with Gasteiger partial charge in [-0.15, -0.1) is 0 Å². The summed E-state index contributed by atoms with van der Waals surface area (Å²) in [6, 6.07) is 8.64. The Morgan fingerprint density at radius 2 is 1.84 bits per heavy atom. The highest BCUT2D eigenvalue weighted by Crippen LogP contribution is 2.21. The summed E-state index contributed by atoms with van der Waals surface area (Å²) in [5.74, 6) is 0.788. The molecular weight excluding hydrogens is 238 g/mol. The molecule has 19 heavy (non-hydrogen) atoms. The zero-order valence-electron chi connectivity index (χ0n) is 11.6. The molecule has 0 unspecified atom stereocenters. The SMILES string of the molecule is Cc1ccccc1Oc1ncc(CNC(C)C)cn1. The monoisotopic (exact) mass is 257 g/mol. The summed E-state index contributed by atoms with van der Waals surface area (Å²) < 4.78 is 5.65. The molecule has 0 saturated carbocycles. The molecule has 0 aliphatic heterocycles. The van der Waals surface area contributed by atoms with E-state index in [2.05, 4.69) is 29.1 Å². The number of hydrogen-bond acceptors (Lipinski definition) is 4. The number of nitrogens with one attached hydrogen (secondary N) is 1. The van der Waals surface area contributed by atoms with E-state index in [1.807, 2.05) is 31.2 Å². The van der Waals surface area contributed by atoms with E-state index in [4.69, 9.17) is 4.74 Å². The topological polar surface area (TPSA) is 47.0 Å². The summed E-state index contributed by atoms with van der Waals surface area (Å²) in [7, 11) is 0. The maximum Gasteiger partial charge on any atom is 0.321 e. The molecule has 0 aliphatic carbocycles. The van der Waals surface area contributed by atoms with Crippen LogP contribution in [0.2, 0.25) is 0 Å². The molecule has 4 heteroatoms. The molecule has 1 aromatic heterocycles. The van der Waals surface area contributed by atoms with Gasteiger partial charge in [0.2, 0.25) is 0 Å². The van der Waals surface area contributed by atoms with Crippen LogP contribution in [0.1, 0.15) is 25.0 Å². The van der Waals surface area contributed by atoms with Crippen LogP contribution >= 0.6 is 0 Å². The molecule has 0 spiro atoms. The van der Waals surface area contributed by atoms with Gasteiger partial charge in [-0.2, -0.15) is 0 Å². The standard InChI is InChI=1S/C15H19N3O/c1-11(2)16-8-13-9-17-15(18-10-13)19-14-7-5-4-6-12(14)3/h4-7,9-11,16H,8H2,1-3H3. The van der Waals surface area contributed by atoms with Gasteiger partial charge in [0.1, 0.15) is 5.75 Å². The van der Waals surface area contributed by atoms with Crippen molar-refractivity contribution in [3.05, 3.63) is 47.8 Å². The Labute approximate surface area is 113 Å². The van der Waals surface area contributed by atoms with Crippen LogP contribution in [0.4, 0.5) is 0 Å². The van der Waals surface area contributed by atoms with Gasteiger partial charge in [-0.3, -0.25) is 0 Å². The van der Waals surface area contributed by atoms with Crippen LogP contribution in [0.3, 0.4) is 0 Å². The first kappa shape index (κ1) is 13.5. The lowest BCUT2D eigenvalue weighted by molar-refractivity contribution is 0.437. The van der Waals surface area contributed by atoms with E-state index in [1.165, 1.54) is 0 Å². The zero-order valence-corrected chi connectivity index (χ0v) is 11.6. The summed E-state index contributed by atoms with van der Waals surface area (Å²) in [6.07, 6.45) is 3.58. The smallest absolute Gasteiger partial charge is 0.321 e. The molecule has 1 N–H and O–H groups in total. The van der Waals surface area contributed by atoms with Crippen LogP contribution in [0, 0.1) is 6.92 Å². The molecular formula is C15H19N3O. The second kappa shape index (κ2) is 6.29. The van der Waals surface area contributed by atoms with E-state index in [0.29, 0.717) is 12.1 Å². The molecule has 2 aromatic rings. The summed E-state index contributed by atoms with van der Waals surface area (Å²) in [5, 5.41) is 3.32. The number of benzene rings is 1. The predicted molar refractivity (Wildman–Crippen MR) is 75.3 cm³/mol. The van der Waals surface area contributed by atoms with Gasteiger partial charge in [0.05, 0.1) is 0 Å². The summed E-state index contributed by atoms with van der Waals surface area (Å²) in [6.45, 7) is 6.98. The Morgan fingerprint density at radius 3 is 2.47 bits per heavy atom. The first-order valence-corrected chi connectivity index (χ1v) is 6.43. The fourth-order valence-electron chi connectivity index (χ4n) is 1.58. The fraction of sp³-hybridized carbons (Fsp3) is 0.333. The van der Waals surface area contributed by atoms with Crippen molar-refractivity contribution >= 4 is 0 Å². The van der Waals surface area contributed by atoms with Gasteiger partial charge in [0.15, 0.2) is 0 Å². The third kappa shape index (κ3) is 4.03. The zero-order chi connectivity index (χ0) is 13.7. The third-order valence-corrected chi connectivity index (χ3v) is 2.69. The van der Waals surface area contributed by atoms with Crippen LogP contribution in [-0.4, -0.2) is 16.0 Å². The van der Waals surface area contributed by atoms with E-state index in [9.17, 15) is 0 Å². The molecule has 0 bridgehead atoms. The average molecular weight is 257 g/mol. The van der Waals surface area contributed by atoms with Crippen molar-refractivity contribution in [3.8, 4) is 11.8 Å². The normalized spacial score (nSPS) is 10.7. The van der Waals surface area contributed by atoms with E-state index < -0.39 is 0 Å². The van der Waals surface area contributed by atoms with Gasteiger partial charge in [-0.25, -0.2) is 9.97 Å². The number of aryl methyl sites for hydroxylation is 1. The number of nitrogens with zero attached hydrogens (tertiary/aromatic N) is 2. The van der Waals surface area contributed by atoms with Crippen LogP contribution in [0.15, 0.2) is 36.7 Å². The molecule has 0 fully saturated rings. The van der Waals surface area contributed by atoms with Gasteiger partial charge in [-0.1, -0.05) is 32.0 Å². The number of ether oxygens (including phenoxy) is 1. The van der Waals surface area contributed by atoms with E-state index in [0.717, 1.165) is 23.4 Å². The van der Waals surface area contributed by atoms with Crippen LogP contribution < -0.4 is 10.1 Å². The third-order valence-electron chi connectivity index (χ3n) is 2.69. The highest BCUT2D eigenvalue weighted by atomic mass is 16.5. The van der Waals surface area contributed by atoms with Crippen molar-refractivity contribution in [2.75, 3.05) is 0 Å². The molecule has 2 rings (SSSR count). The van der Waals surface area contributed by atoms with Gasteiger partial charge in [-0.05, 0) is 18.6 Å². The Hall–Kier alpha value is -1.94. The second-order valence-corrected chi connectivity index (χ2v) is 4.78. The molecule has 1 aromatic carbocycles. The molecule has 0 radical (unpaired) electrons. The lowest BCUT2D eigenvalue weighted by Gasteiger charge is -2.09. The Balaban J connectivity index is 2.01. The average Bonchev–Trinajstić information content (AvgIpc) is 2.40. The highest BCUT2D eigenvalue weighted by Gasteiger charge is 2.03. The first-order chi connectivity index (χ1) is 9.15. The quantitative estimate of drug-likeness (QED) is 0.894. The highest BCUT2D eigenvalue weighted by molar-refractivity contribution is 5.33. The van der Waals surface area contributed by atoms with Crippen molar-refractivity contribution in [1.82, 2.24) is 15.3 Å². The van der Waals surface area contributed by atoms with Crippen LogP contribution in [0.5, 0.6) is 11.8 Å². The molecule has 0 aliphatic rings. The van der Waals surface area contributed by atoms with Gasteiger partial charge in [0.25, 0.3) is 0 Å². The van der Waals surface area contributed by atoms with Crippen molar-refractivity contribution in [1.29, 1.82) is 0 Å². The maximum atomic E-state index is 5.65. The minimum Gasteiger partial charge on any atom is -0.424 e.